The molecule has 1 rings (SSSR count). The summed E-state index contributed by atoms with van der Waals surface area (Å²) >= 11 is 13.5. The smallest absolute Gasteiger partial charge is 0.293 e. The third-order valence-electron chi connectivity index (χ3n) is 2.54. The number of thioether (sulfide) groups is 1. The van der Waals surface area contributed by atoms with Crippen molar-refractivity contribution >= 4 is 46.3 Å². The lowest BCUT2D eigenvalue weighted by atomic mass is 10.2. The number of nitrogens with one attached hydrogen (secondary N) is 1. The predicted octanol–water partition coefficient (Wildman–Crippen LogP) is 4.85. The van der Waals surface area contributed by atoms with Gasteiger partial charge in [0.15, 0.2) is 0 Å². The van der Waals surface area contributed by atoms with Crippen molar-refractivity contribution in [2.45, 2.75) is 26.3 Å². The Labute approximate surface area is 127 Å². The van der Waals surface area contributed by atoms with Crippen molar-refractivity contribution in [3.8, 4) is 0 Å². The first-order chi connectivity index (χ1) is 8.95. The van der Waals surface area contributed by atoms with Crippen molar-refractivity contribution in [2.75, 3.05) is 16.8 Å². The molecule has 0 saturated heterocycles. The Bertz CT molecular complexity index is 458. The molecule has 1 aromatic carbocycles. The van der Waals surface area contributed by atoms with E-state index in [0.717, 1.165) is 17.9 Å². The topological polar surface area (TPSA) is 55.2 Å². The van der Waals surface area contributed by atoms with Crippen LogP contribution in [0.25, 0.3) is 0 Å². The van der Waals surface area contributed by atoms with E-state index in [0.29, 0.717) is 10.7 Å². The summed E-state index contributed by atoms with van der Waals surface area (Å²) in [7, 11) is 0. The summed E-state index contributed by atoms with van der Waals surface area (Å²) in [4.78, 5) is 10.5. The second kappa shape index (κ2) is 7.82. The molecule has 1 unspecified atom stereocenters. The summed E-state index contributed by atoms with van der Waals surface area (Å²) in [6.45, 7) is 4.09. The van der Waals surface area contributed by atoms with Crippen LogP contribution in [0.2, 0.25) is 10.0 Å². The monoisotopic (exact) mass is 322 g/mol. The number of benzene rings is 1. The van der Waals surface area contributed by atoms with Gasteiger partial charge >= 0.3 is 0 Å². The molecular weight excluding hydrogens is 307 g/mol. The van der Waals surface area contributed by atoms with Crippen LogP contribution in [0.3, 0.4) is 0 Å². The molecule has 19 heavy (non-hydrogen) atoms. The fraction of sp³-hybridized carbons (Fsp3) is 0.500. The molecule has 0 saturated carbocycles. The lowest BCUT2D eigenvalue weighted by Crippen LogP contribution is -2.17. The number of anilines is 1. The molecular formula is C12H16Cl2N2O2S. The van der Waals surface area contributed by atoms with E-state index in [9.17, 15) is 10.1 Å². The maximum atomic E-state index is 11.0. The van der Waals surface area contributed by atoms with E-state index in [2.05, 4.69) is 12.2 Å². The average molecular weight is 323 g/mol. The van der Waals surface area contributed by atoms with Crippen LogP contribution in [0.5, 0.6) is 0 Å². The Morgan fingerprint density at radius 3 is 2.63 bits per heavy atom. The summed E-state index contributed by atoms with van der Waals surface area (Å²) in [6.07, 6.45) is 0.926. The minimum atomic E-state index is -0.460. The first kappa shape index (κ1) is 16.4. The van der Waals surface area contributed by atoms with Crippen LogP contribution in [0.1, 0.15) is 20.3 Å². The zero-order valence-electron chi connectivity index (χ0n) is 10.8. The number of nitro groups is 1. The molecule has 0 heterocycles. The zero-order valence-corrected chi connectivity index (χ0v) is 13.1. The molecule has 4 nitrogen and oxygen atoms in total. The van der Waals surface area contributed by atoms with Gasteiger partial charge in [-0.15, -0.1) is 0 Å². The highest BCUT2D eigenvalue weighted by Crippen LogP contribution is 2.34. The molecule has 1 N–H and O–H groups in total. The van der Waals surface area contributed by atoms with E-state index in [-0.39, 0.29) is 16.8 Å². The Hall–Kier alpha value is -0.650. The highest BCUT2D eigenvalue weighted by molar-refractivity contribution is 7.99. The molecule has 0 fully saturated rings. The van der Waals surface area contributed by atoms with E-state index in [1.54, 1.807) is 0 Å². The molecule has 0 bridgehead atoms. The number of nitrogens with zero attached hydrogens (tertiary/aromatic N) is 1. The molecule has 1 atom stereocenters. The molecule has 0 amide bonds. The van der Waals surface area contributed by atoms with Crippen molar-refractivity contribution < 1.29 is 4.92 Å². The van der Waals surface area contributed by atoms with Crippen LogP contribution in [-0.2, 0) is 0 Å². The van der Waals surface area contributed by atoms with Crippen LogP contribution < -0.4 is 5.32 Å². The lowest BCUT2D eigenvalue weighted by molar-refractivity contribution is -0.384. The predicted molar refractivity (Wildman–Crippen MR) is 83.8 cm³/mol. The van der Waals surface area contributed by atoms with E-state index >= 15 is 0 Å². The van der Waals surface area contributed by atoms with Crippen LogP contribution in [0.4, 0.5) is 11.4 Å². The van der Waals surface area contributed by atoms with Gasteiger partial charge in [-0.1, -0.05) is 30.1 Å². The standard InChI is InChI=1S/C12H16Cl2N2O2S/c1-3-19-5-4-8(2)15-11-6-9(13)10(14)7-12(11)16(17)18/h6-8,15H,3-5H2,1-2H3. The van der Waals surface area contributed by atoms with Gasteiger partial charge in [-0.25, -0.2) is 0 Å². The summed E-state index contributed by atoms with van der Waals surface area (Å²) in [6, 6.07) is 2.92. The van der Waals surface area contributed by atoms with Gasteiger partial charge in [-0.05, 0) is 30.9 Å². The second-order valence-electron chi connectivity index (χ2n) is 4.07. The summed E-state index contributed by atoms with van der Waals surface area (Å²) < 4.78 is 0. The van der Waals surface area contributed by atoms with Gasteiger partial charge in [0.2, 0.25) is 0 Å². The largest absolute Gasteiger partial charge is 0.377 e. The maximum Gasteiger partial charge on any atom is 0.293 e. The van der Waals surface area contributed by atoms with Crippen molar-refractivity contribution in [1.29, 1.82) is 0 Å². The first-order valence-corrected chi connectivity index (χ1v) is 7.84. The SMILES string of the molecule is CCSCCC(C)Nc1cc(Cl)c(Cl)cc1[N+](=O)[O-]. The molecule has 106 valence electrons. The summed E-state index contributed by atoms with van der Waals surface area (Å²) in [5, 5.41) is 14.6. The molecule has 1 aromatic rings. The van der Waals surface area contributed by atoms with E-state index in [1.807, 2.05) is 18.7 Å². The minimum Gasteiger partial charge on any atom is -0.377 e. The van der Waals surface area contributed by atoms with Crippen molar-refractivity contribution in [3.05, 3.63) is 32.3 Å². The number of hydrogen-bond donors (Lipinski definition) is 1. The molecule has 0 aliphatic carbocycles. The Balaban J connectivity index is 2.81. The quantitative estimate of drug-likeness (QED) is 0.443. The number of rotatable bonds is 7. The lowest BCUT2D eigenvalue weighted by Gasteiger charge is -2.15. The molecule has 0 spiro atoms. The van der Waals surface area contributed by atoms with Crippen LogP contribution in [-0.4, -0.2) is 22.5 Å². The van der Waals surface area contributed by atoms with Crippen molar-refractivity contribution in [3.63, 3.8) is 0 Å². The third kappa shape index (κ3) is 5.09. The van der Waals surface area contributed by atoms with Gasteiger partial charge in [0.05, 0.1) is 15.0 Å². The second-order valence-corrected chi connectivity index (χ2v) is 6.28. The van der Waals surface area contributed by atoms with Gasteiger partial charge in [0, 0.05) is 12.1 Å². The molecule has 0 aromatic heterocycles. The molecule has 0 aliphatic rings. The van der Waals surface area contributed by atoms with Gasteiger partial charge in [-0.3, -0.25) is 10.1 Å². The number of hydrogen-bond acceptors (Lipinski definition) is 4. The van der Waals surface area contributed by atoms with Gasteiger partial charge in [0.1, 0.15) is 5.69 Å². The highest BCUT2D eigenvalue weighted by atomic mass is 35.5. The Morgan fingerprint density at radius 2 is 2.05 bits per heavy atom. The normalized spacial score (nSPS) is 12.2. The summed E-state index contributed by atoms with van der Waals surface area (Å²) in [5.74, 6) is 2.08. The molecule has 7 heteroatoms. The van der Waals surface area contributed by atoms with E-state index in [1.165, 1.54) is 12.1 Å². The molecule has 0 radical (unpaired) electrons. The van der Waals surface area contributed by atoms with Crippen LogP contribution >= 0.6 is 35.0 Å². The Kier molecular flexibility index (Phi) is 6.75. The van der Waals surface area contributed by atoms with Crippen LogP contribution in [0.15, 0.2) is 12.1 Å². The van der Waals surface area contributed by atoms with Crippen molar-refractivity contribution in [1.82, 2.24) is 0 Å². The fourth-order valence-electron chi connectivity index (χ4n) is 1.55. The first-order valence-electron chi connectivity index (χ1n) is 5.93. The highest BCUT2D eigenvalue weighted by Gasteiger charge is 2.18. The van der Waals surface area contributed by atoms with Gasteiger partial charge in [0.25, 0.3) is 5.69 Å². The van der Waals surface area contributed by atoms with Crippen LogP contribution in [0, 0.1) is 10.1 Å². The average Bonchev–Trinajstić information content (AvgIpc) is 2.33. The van der Waals surface area contributed by atoms with E-state index in [4.69, 9.17) is 23.2 Å². The van der Waals surface area contributed by atoms with Crippen molar-refractivity contribution in [2.24, 2.45) is 0 Å². The van der Waals surface area contributed by atoms with Gasteiger partial charge in [-0.2, -0.15) is 11.8 Å². The van der Waals surface area contributed by atoms with E-state index < -0.39 is 4.92 Å². The summed E-state index contributed by atoms with van der Waals surface area (Å²) in [5.41, 5.74) is 0.359. The maximum absolute atomic E-state index is 11.0. The molecule has 0 aliphatic heterocycles. The Morgan fingerprint density at radius 1 is 1.42 bits per heavy atom. The van der Waals surface area contributed by atoms with Gasteiger partial charge < -0.3 is 5.32 Å². The number of nitro benzene ring substituents is 1. The zero-order chi connectivity index (χ0) is 14.4. The third-order valence-corrected chi connectivity index (χ3v) is 4.19. The fourth-order valence-corrected chi connectivity index (χ4v) is 2.68. The number of halogens is 2. The minimum absolute atomic E-state index is 0.0515.